The fourth-order valence-electron chi connectivity index (χ4n) is 2.99. The highest BCUT2D eigenvalue weighted by molar-refractivity contribution is 5.96. The average molecular weight is 368 g/mol. The molecule has 0 unspecified atom stereocenters. The molecule has 0 atom stereocenters. The maximum Gasteiger partial charge on any atom is 0.163 e. The van der Waals surface area contributed by atoms with Crippen molar-refractivity contribution < 1.29 is 9.90 Å². The Morgan fingerprint density at radius 2 is 1.64 bits per heavy atom. The van der Waals surface area contributed by atoms with Crippen LogP contribution in [-0.2, 0) is 6.42 Å². The number of pyridine rings is 1. The lowest BCUT2D eigenvalue weighted by Gasteiger charge is -2.13. The normalized spacial score (nSPS) is 10.1. The van der Waals surface area contributed by atoms with Crippen LogP contribution < -0.4 is 5.73 Å². The van der Waals surface area contributed by atoms with Crippen molar-refractivity contribution in [2.45, 2.75) is 12.8 Å². The van der Waals surface area contributed by atoms with Gasteiger partial charge in [-0.15, -0.1) is 0 Å². The number of aryl methyl sites for hydroxylation is 1. The summed E-state index contributed by atoms with van der Waals surface area (Å²) in [6, 6.07) is 19.1. The van der Waals surface area contributed by atoms with Crippen molar-refractivity contribution in [3.8, 4) is 29.0 Å². The van der Waals surface area contributed by atoms with Crippen molar-refractivity contribution >= 4 is 11.6 Å². The predicted octanol–water partition coefficient (Wildman–Crippen LogP) is 3.60. The second-order valence-electron chi connectivity index (χ2n) is 6.13. The summed E-state index contributed by atoms with van der Waals surface area (Å²) >= 11 is 0. The summed E-state index contributed by atoms with van der Waals surface area (Å²) in [5.41, 5.74) is 8.14. The Kier molecular flexibility index (Phi) is 5.34. The fraction of sp³-hybridized carbons (Fsp3) is 0.0909. The maximum atomic E-state index is 12.4. The quantitative estimate of drug-likeness (QED) is 0.663. The molecule has 3 aromatic rings. The molecule has 0 aliphatic heterocycles. The summed E-state index contributed by atoms with van der Waals surface area (Å²) in [6.45, 7) is 0. The van der Waals surface area contributed by atoms with E-state index in [0.29, 0.717) is 22.4 Å². The van der Waals surface area contributed by atoms with Crippen LogP contribution in [-0.4, -0.2) is 15.9 Å². The minimum absolute atomic E-state index is 0.00624. The SMILES string of the molecule is N#Cc1c(N)nc(CCC(=O)c2ccccc2)c(C#N)c1-c1ccc(O)cc1. The lowest BCUT2D eigenvalue weighted by Crippen LogP contribution is -2.09. The number of rotatable bonds is 5. The van der Waals surface area contributed by atoms with Gasteiger partial charge in [0.05, 0.1) is 11.3 Å². The Morgan fingerprint density at radius 1 is 1.00 bits per heavy atom. The Balaban J connectivity index is 2.03. The van der Waals surface area contributed by atoms with Crippen LogP contribution in [0.1, 0.15) is 33.6 Å². The molecule has 6 heteroatoms. The van der Waals surface area contributed by atoms with Gasteiger partial charge in [-0.3, -0.25) is 4.79 Å². The van der Waals surface area contributed by atoms with Crippen LogP contribution in [0.2, 0.25) is 0 Å². The van der Waals surface area contributed by atoms with E-state index in [2.05, 4.69) is 11.1 Å². The summed E-state index contributed by atoms with van der Waals surface area (Å²) in [7, 11) is 0. The van der Waals surface area contributed by atoms with E-state index in [4.69, 9.17) is 5.73 Å². The average Bonchev–Trinajstić information content (AvgIpc) is 2.72. The molecule has 0 aliphatic rings. The molecule has 0 fully saturated rings. The molecule has 0 aliphatic carbocycles. The molecule has 0 spiro atoms. The predicted molar refractivity (Wildman–Crippen MR) is 104 cm³/mol. The van der Waals surface area contributed by atoms with Crippen molar-refractivity contribution in [3.05, 3.63) is 77.0 Å². The highest BCUT2D eigenvalue weighted by atomic mass is 16.3. The van der Waals surface area contributed by atoms with Crippen LogP contribution >= 0.6 is 0 Å². The largest absolute Gasteiger partial charge is 0.508 e. The van der Waals surface area contributed by atoms with Crippen LogP contribution in [0.5, 0.6) is 5.75 Å². The lowest BCUT2D eigenvalue weighted by atomic mass is 9.92. The Hall–Kier alpha value is -4.16. The molecule has 1 aromatic heterocycles. The number of benzene rings is 2. The number of nitrogen functional groups attached to an aromatic ring is 1. The second-order valence-corrected chi connectivity index (χ2v) is 6.13. The summed E-state index contributed by atoms with van der Waals surface area (Å²) in [4.78, 5) is 16.6. The van der Waals surface area contributed by atoms with Crippen LogP contribution in [0.3, 0.4) is 0 Å². The minimum Gasteiger partial charge on any atom is -0.508 e. The number of nitrogens with two attached hydrogens (primary N) is 1. The van der Waals surface area contributed by atoms with Gasteiger partial charge in [-0.25, -0.2) is 4.98 Å². The third-order valence-electron chi connectivity index (χ3n) is 4.36. The van der Waals surface area contributed by atoms with E-state index in [0.717, 1.165) is 0 Å². The summed E-state index contributed by atoms with van der Waals surface area (Å²) < 4.78 is 0. The molecule has 0 amide bonds. The van der Waals surface area contributed by atoms with Crippen molar-refractivity contribution in [2.75, 3.05) is 5.73 Å². The van der Waals surface area contributed by atoms with Gasteiger partial charge in [0.2, 0.25) is 0 Å². The molecule has 2 aromatic carbocycles. The van der Waals surface area contributed by atoms with E-state index in [-0.39, 0.29) is 41.3 Å². The third-order valence-corrected chi connectivity index (χ3v) is 4.36. The van der Waals surface area contributed by atoms with Gasteiger partial charge in [0, 0.05) is 17.5 Å². The number of phenols is 1. The molecule has 28 heavy (non-hydrogen) atoms. The zero-order chi connectivity index (χ0) is 20.1. The first-order valence-electron chi connectivity index (χ1n) is 8.55. The number of aromatic hydroxyl groups is 1. The number of hydrogen-bond donors (Lipinski definition) is 2. The fourth-order valence-corrected chi connectivity index (χ4v) is 2.99. The number of carbonyl (C=O) groups is 1. The second kappa shape index (κ2) is 8.03. The van der Waals surface area contributed by atoms with Crippen LogP contribution in [0, 0.1) is 22.7 Å². The molecule has 0 saturated heterocycles. The van der Waals surface area contributed by atoms with E-state index in [1.807, 2.05) is 12.1 Å². The smallest absolute Gasteiger partial charge is 0.163 e. The van der Waals surface area contributed by atoms with Crippen molar-refractivity contribution in [1.29, 1.82) is 10.5 Å². The number of carbonyl (C=O) groups excluding carboxylic acids is 1. The number of Topliss-reactive ketones (excluding diaryl/α,β-unsaturated/α-hetero) is 1. The van der Waals surface area contributed by atoms with E-state index in [9.17, 15) is 20.4 Å². The van der Waals surface area contributed by atoms with E-state index in [1.54, 1.807) is 36.4 Å². The molecule has 3 N–H and O–H groups in total. The van der Waals surface area contributed by atoms with Crippen LogP contribution in [0.4, 0.5) is 5.82 Å². The number of nitriles is 2. The summed E-state index contributed by atoms with van der Waals surface area (Å²) in [6.07, 6.45) is 0.379. The molecule has 0 bridgehead atoms. The van der Waals surface area contributed by atoms with Gasteiger partial charge in [-0.2, -0.15) is 10.5 Å². The summed E-state index contributed by atoms with van der Waals surface area (Å²) in [5.74, 6) is 0.00335. The number of anilines is 1. The highest BCUT2D eigenvalue weighted by Crippen LogP contribution is 2.33. The molecule has 136 valence electrons. The maximum absolute atomic E-state index is 12.4. The topological polar surface area (TPSA) is 124 Å². The molecular formula is C22H16N4O2. The van der Waals surface area contributed by atoms with Crippen LogP contribution in [0.25, 0.3) is 11.1 Å². The van der Waals surface area contributed by atoms with Crippen LogP contribution in [0.15, 0.2) is 54.6 Å². The lowest BCUT2D eigenvalue weighted by molar-refractivity contribution is 0.0982. The van der Waals surface area contributed by atoms with Gasteiger partial charge in [0.1, 0.15) is 29.3 Å². The molecule has 1 heterocycles. The molecule has 6 nitrogen and oxygen atoms in total. The van der Waals surface area contributed by atoms with Crippen molar-refractivity contribution in [3.63, 3.8) is 0 Å². The first-order valence-corrected chi connectivity index (χ1v) is 8.55. The highest BCUT2D eigenvalue weighted by Gasteiger charge is 2.20. The van der Waals surface area contributed by atoms with Gasteiger partial charge in [0.25, 0.3) is 0 Å². The molecular weight excluding hydrogens is 352 g/mol. The first kappa shape index (κ1) is 18.6. The molecule has 0 saturated carbocycles. The monoisotopic (exact) mass is 368 g/mol. The van der Waals surface area contributed by atoms with Gasteiger partial charge in [-0.05, 0) is 24.1 Å². The Labute approximate surface area is 162 Å². The zero-order valence-corrected chi connectivity index (χ0v) is 14.9. The number of ketones is 1. The van der Waals surface area contributed by atoms with Crippen molar-refractivity contribution in [1.82, 2.24) is 4.98 Å². The van der Waals surface area contributed by atoms with Gasteiger partial charge < -0.3 is 10.8 Å². The standard InChI is InChI=1S/C22H16N4O2/c23-12-17-19(10-11-20(28)14-4-2-1-3-5-14)26-22(25)18(13-24)21(17)15-6-8-16(27)9-7-15/h1-9,27H,10-11H2,(H2,25,26). The number of phenolic OH excluding ortho intramolecular Hbond substituents is 1. The Bertz CT molecular complexity index is 1110. The number of nitrogens with zero attached hydrogens (tertiary/aromatic N) is 3. The Morgan fingerprint density at radius 3 is 2.25 bits per heavy atom. The van der Waals surface area contributed by atoms with Gasteiger partial charge in [0.15, 0.2) is 5.78 Å². The van der Waals surface area contributed by atoms with E-state index >= 15 is 0 Å². The van der Waals surface area contributed by atoms with Gasteiger partial charge >= 0.3 is 0 Å². The third kappa shape index (κ3) is 3.67. The number of aromatic nitrogens is 1. The van der Waals surface area contributed by atoms with Gasteiger partial charge in [-0.1, -0.05) is 42.5 Å². The minimum atomic E-state index is -0.0691. The van der Waals surface area contributed by atoms with Crippen molar-refractivity contribution in [2.24, 2.45) is 0 Å². The van der Waals surface area contributed by atoms with E-state index < -0.39 is 0 Å². The molecule has 0 radical (unpaired) electrons. The van der Waals surface area contributed by atoms with E-state index in [1.165, 1.54) is 12.1 Å². The molecule has 3 rings (SSSR count). The zero-order valence-electron chi connectivity index (χ0n) is 14.9. The number of hydrogen-bond acceptors (Lipinski definition) is 6. The first-order chi connectivity index (χ1) is 13.5. The summed E-state index contributed by atoms with van der Waals surface area (Å²) in [5, 5.41) is 28.8.